The van der Waals surface area contributed by atoms with Gasteiger partial charge in [-0.05, 0) is 64.2 Å². The summed E-state index contributed by atoms with van der Waals surface area (Å²) in [7, 11) is 0. The second-order valence-corrected chi connectivity index (χ2v) is 12.6. The van der Waals surface area contributed by atoms with Gasteiger partial charge in [0.1, 0.15) is 12.2 Å². The van der Waals surface area contributed by atoms with Gasteiger partial charge in [0.2, 0.25) is 5.91 Å². The summed E-state index contributed by atoms with van der Waals surface area (Å²) in [6.45, 7) is 3.98. The topological polar surface area (TPSA) is 110 Å². The number of nitrogens with one attached hydrogen (secondary N) is 1. The van der Waals surface area contributed by atoms with Crippen molar-refractivity contribution in [3.8, 4) is 0 Å². The van der Waals surface area contributed by atoms with Crippen LogP contribution in [0.15, 0.2) is 24.3 Å². The molecule has 0 heterocycles. The molecule has 0 spiro atoms. The van der Waals surface area contributed by atoms with Crippen molar-refractivity contribution in [2.75, 3.05) is 6.61 Å². The molecule has 4 unspecified atom stereocenters. The molecule has 0 aliphatic heterocycles. The van der Waals surface area contributed by atoms with E-state index in [1.807, 2.05) is 0 Å². The predicted octanol–water partition coefficient (Wildman–Crippen LogP) is 8.45. The molecular formula is C37H71NO5. The lowest BCUT2D eigenvalue weighted by molar-refractivity contribution is -0.132. The maximum atomic E-state index is 12.4. The molecule has 5 N–H and O–H groups in total. The van der Waals surface area contributed by atoms with Crippen molar-refractivity contribution in [3.63, 3.8) is 0 Å². The van der Waals surface area contributed by atoms with Crippen LogP contribution in [0.5, 0.6) is 0 Å². The van der Waals surface area contributed by atoms with Crippen molar-refractivity contribution >= 4 is 5.91 Å². The van der Waals surface area contributed by atoms with Crippen molar-refractivity contribution in [1.82, 2.24) is 5.32 Å². The Labute approximate surface area is 265 Å². The minimum atomic E-state index is -1.28. The summed E-state index contributed by atoms with van der Waals surface area (Å²) in [6, 6.07) is -1.00. The molecule has 0 radical (unpaired) electrons. The first kappa shape index (κ1) is 41.8. The molecule has 254 valence electrons. The Bertz CT molecular complexity index is 653. The number of aliphatic hydroxyl groups excluding tert-OH is 4. The van der Waals surface area contributed by atoms with Crippen molar-refractivity contribution in [2.24, 2.45) is 0 Å². The van der Waals surface area contributed by atoms with Crippen LogP contribution in [0, 0.1) is 0 Å². The lowest BCUT2D eigenvalue weighted by atomic mass is 10.00. The summed E-state index contributed by atoms with van der Waals surface area (Å²) < 4.78 is 0. The third-order valence-corrected chi connectivity index (χ3v) is 8.38. The summed E-state index contributed by atoms with van der Waals surface area (Å²) in [5.41, 5.74) is 0. The predicted molar refractivity (Wildman–Crippen MR) is 182 cm³/mol. The van der Waals surface area contributed by atoms with Crippen molar-refractivity contribution in [1.29, 1.82) is 0 Å². The molecule has 0 saturated heterocycles. The van der Waals surface area contributed by atoms with Gasteiger partial charge in [0, 0.05) is 0 Å². The number of unbranched alkanes of at least 4 members (excludes halogenated alkanes) is 19. The monoisotopic (exact) mass is 610 g/mol. The standard InChI is InChI=1S/C37H71NO5/c1-3-5-7-9-11-13-15-16-17-18-19-21-22-24-26-28-30-34(40)36(42)33(32-39)38-37(43)35(41)31-29-27-25-23-20-14-12-10-8-6-4-2/h12,14,22,24,33-36,39-42H,3-11,13,15-21,23,25-32H2,1-2H3,(H,38,43)/b14-12-,24-22+. The van der Waals surface area contributed by atoms with E-state index in [9.17, 15) is 25.2 Å². The van der Waals surface area contributed by atoms with E-state index in [2.05, 4.69) is 43.5 Å². The summed E-state index contributed by atoms with van der Waals surface area (Å²) in [5.74, 6) is -0.606. The SMILES string of the molecule is CCCCC/C=C\CCCCCCC(O)C(=O)NC(CO)C(O)C(O)CCC/C=C/CCCCCCCCCCCCC. The molecule has 4 atom stereocenters. The number of rotatable bonds is 32. The minimum Gasteiger partial charge on any atom is -0.394 e. The zero-order chi connectivity index (χ0) is 31.8. The third-order valence-electron chi connectivity index (χ3n) is 8.38. The smallest absolute Gasteiger partial charge is 0.249 e. The maximum absolute atomic E-state index is 12.4. The van der Waals surface area contributed by atoms with Gasteiger partial charge < -0.3 is 25.7 Å². The van der Waals surface area contributed by atoms with Gasteiger partial charge in [-0.25, -0.2) is 0 Å². The van der Waals surface area contributed by atoms with Crippen molar-refractivity contribution < 1.29 is 25.2 Å². The fourth-order valence-corrected chi connectivity index (χ4v) is 5.40. The van der Waals surface area contributed by atoms with Gasteiger partial charge in [-0.2, -0.15) is 0 Å². The molecule has 0 aromatic carbocycles. The second kappa shape index (κ2) is 32.2. The van der Waals surface area contributed by atoms with Crippen LogP contribution < -0.4 is 5.32 Å². The highest BCUT2D eigenvalue weighted by atomic mass is 16.3. The number of carbonyl (C=O) groups is 1. The lowest BCUT2D eigenvalue weighted by Crippen LogP contribution is -2.53. The van der Waals surface area contributed by atoms with Gasteiger partial charge in [-0.1, -0.05) is 134 Å². The van der Waals surface area contributed by atoms with Crippen LogP contribution in [0.3, 0.4) is 0 Å². The fraction of sp³-hybridized carbons (Fsp3) is 0.865. The molecule has 6 nitrogen and oxygen atoms in total. The quantitative estimate of drug-likeness (QED) is 0.0388. The Balaban J connectivity index is 3.88. The Morgan fingerprint density at radius 1 is 0.558 bits per heavy atom. The number of aliphatic hydroxyl groups is 4. The van der Waals surface area contributed by atoms with Crippen LogP contribution in [0.1, 0.15) is 174 Å². The first-order valence-corrected chi connectivity index (χ1v) is 18.2. The largest absolute Gasteiger partial charge is 0.394 e. The van der Waals surface area contributed by atoms with E-state index in [0.717, 1.165) is 57.8 Å². The molecule has 0 aliphatic rings. The zero-order valence-electron chi connectivity index (χ0n) is 28.2. The van der Waals surface area contributed by atoms with Gasteiger partial charge in [-0.15, -0.1) is 0 Å². The van der Waals surface area contributed by atoms with Gasteiger partial charge in [0.25, 0.3) is 0 Å². The summed E-state index contributed by atoms with van der Waals surface area (Å²) in [4.78, 5) is 12.4. The number of carbonyl (C=O) groups excluding carboxylic acids is 1. The van der Waals surface area contributed by atoms with Crippen molar-refractivity contribution in [3.05, 3.63) is 24.3 Å². The molecule has 0 aromatic rings. The highest BCUT2D eigenvalue weighted by Gasteiger charge is 2.28. The molecular weight excluding hydrogens is 538 g/mol. The number of hydrogen-bond donors (Lipinski definition) is 5. The first-order valence-electron chi connectivity index (χ1n) is 18.2. The van der Waals surface area contributed by atoms with Gasteiger partial charge >= 0.3 is 0 Å². The van der Waals surface area contributed by atoms with E-state index in [4.69, 9.17) is 0 Å². The Morgan fingerprint density at radius 3 is 1.44 bits per heavy atom. The van der Waals surface area contributed by atoms with Gasteiger partial charge in [0.15, 0.2) is 0 Å². The fourth-order valence-electron chi connectivity index (χ4n) is 5.40. The molecule has 0 aromatic heterocycles. The van der Waals surface area contributed by atoms with Gasteiger partial charge in [-0.3, -0.25) is 4.79 Å². The van der Waals surface area contributed by atoms with E-state index in [1.165, 1.54) is 89.9 Å². The number of amides is 1. The summed E-state index contributed by atoms with van der Waals surface area (Å²) in [6.07, 6.45) is 33.4. The highest BCUT2D eigenvalue weighted by molar-refractivity contribution is 5.80. The van der Waals surface area contributed by atoms with E-state index >= 15 is 0 Å². The van der Waals surface area contributed by atoms with Crippen molar-refractivity contribution in [2.45, 2.75) is 199 Å². The molecule has 0 saturated carbocycles. The molecule has 0 bridgehead atoms. The minimum absolute atomic E-state index is 0.348. The Morgan fingerprint density at radius 2 is 0.953 bits per heavy atom. The lowest BCUT2D eigenvalue weighted by Gasteiger charge is -2.27. The van der Waals surface area contributed by atoms with Crippen LogP contribution in [0.25, 0.3) is 0 Å². The number of hydrogen-bond acceptors (Lipinski definition) is 5. The molecule has 0 rings (SSSR count). The normalized spacial score (nSPS) is 14.8. The van der Waals surface area contributed by atoms with E-state index in [1.54, 1.807) is 0 Å². The average Bonchev–Trinajstić information content (AvgIpc) is 3.01. The van der Waals surface area contributed by atoms with Crippen LogP contribution >= 0.6 is 0 Å². The van der Waals surface area contributed by atoms with E-state index < -0.39 is 36.9 Å². The first-order chi connectivity index (χ1) is 21.0. The van der Waals surface area contributed by atoms with Crippen LogP contribution in [0.4, 0.5) is 0 Å². The van der Waals surface area contributed by atoms with E-state index in [0.29, 0.717) is 12.8 Å². The van der Waals surface area contributed by atoms with E-state index in [-0.39, 0.29) is 0 Å². The molecule has 0 aliphatic carbocycles. The highest BCUT2D eigenvalue weighted by Crippen LogP contribution is 2.14. The third kappa shape index (κ3) is 26.9. The average molecular weight is 610 g/mol. The molecule has 1 amide bonds. The number of allylic oxidation sites excluding steroid dienone is 4. The Hall–Kier alpha value is -1.21. The molecule has 43 heavy (non-hydrogen) atoms. The summed E-state index contributed by atoms with van der Waals surface area (Å²) in [5, 5.41) is 43.3. The molecule has 0 fully saturated rings. The maximum Gasteiger partial charge on any atom is 0.249 e. The van der Waals surface area contributed by atoms with Crippen LogP contribution in [-0.2, 0) is 4.79 Å². The zero-order valence-corrected chi connectivity index (χ0v) is 28.2. The second-order valence-electron chi connectivity index (χ2n) is 12.6. The van der Waals surface area contributed by atoms with Crippen LogP contribution in [0.2, 0.25) is 0 Å². The van der Waals surface area contributed by atoms with Gasteiger partial charge in [0.05, 0.1) is 18.8 Å². The summed E-state index contributed by atoms with van der Waals surface area (Å²) >= 11 is 0. The molecule has 6 heteroatoms. The Kier molecular flexibility index (Phi) is 31.3. The van der Waals surface area contributed by atoms with Crippen LogP contribution in [-0.4, -0.2) is 57.3 Å².